The van der Waals surface area contributed by atoms with E-state index in [0.717, 1.165) is 53.4 Å². The van der Waals surface area contributed by atoms with Gasteiger partial charge < -0.3 is 10.4 Å². The zero-order valence-corrected chi connectivity index (χ0v) is 15.9. The number of pyridine rings is 1. The Morgan fingerprint density at radius 2 is 1.74 bits per heavy atom. The Bertz CT molecular complexity index is 1060. The van der Waals surface area contributed by atoms with E-state index in [-0.39, 0.29) is 11.6 Å². The second-order valence-electron chi connectivity index (χ2n) is 7.49. The third-order valence-corrected chi connectivity index (χ3v) is 5.44. The number of hydrogen-bond donors (Lipinski definition) is 2. The van der Waals surface area contributed by atoms with Gasteiger partial charge in [0.15, 0.2) is 0 Å². The van der Waals surface area contributed by atoms with Crippen molar-refractivity contribution in [1.29, 1.82) is 0 Å². The summed E-state index contributed by atoms with van der Waals surface area (Å²) >= 11 is 0. The van der Waals surface area contributed by atoms with Gasteiger partial charge in [0.05, 0.1) is 0 Å². The first-order valence-electron chi connectivity index (χ1n) is 9.40. The van der Waals surface area contributed by atoms with Crippen LogP contribution in [0.15, 0.2) is 29.2 Å². The highest BCUT2D eigenvalue weighted by Gasteiger charge is 2.21. The van der Waals surface area contributed by atoms with Crippen molar-refractivity contribution in [3.8, 4) is 5.75 Å². The Kier molecular flexibility index (Phi) is 4.34. The monoisotopic (exact) mass is 364 g/mol. The molecule has 1 saturated carbocycles. The Hall–Kier alpha value is -2.89. The van der Waals surface area contributed by atoms with Crippen LogP contribution in [0.3, 0.4) is 0 Å². The molecule has 0 amide bonds. The molecule has 0 saturated heterocycles. The zero-order valence-electron chi connectivity index (χ0n) is 15.9. The minimum absolute atomic E-state index is 0.00729. The van der Waals surface area contributed by atoms with Crippen molar-refractivity contribution in [2.24, 2.45) is 0 Å². The molecule has 0 bridgehead atoms. The predicted octanol–water partition coefficient (Wildman–Crippen LogP) is 4.28. The molecule has 3 aromatic rings. The van der Waals surface area contributed by atoms with Gasteiger partial charge in [0.2, 0.25) is 5.95 Å². The maximum absolute atomic E-state index is 12.7. The molecule has 0 unspecified atom stereocenters. The summed E-state index contributed by atoms with van der Waals surface area (Å²) in [6.07, 6.45) is 6.11. The van der Waals surface area contributed by atoms with E-state index in [1.54, 1.807) is 12.3 Å². The summed E-state index contributed by atoms with van der Waals surface area (Å²) in [4.78, 5) is 21.8. The summed E-state index contributed by atoms with van der Waals surface area (Å²) in [5.74, 6) is 0.745. The van der Waals surface area contributed by atoms with Crippen LogP contribution in [-0.2, 0) is 0 Å². The highest BCUT2D eigenvalue weighted by atomic mass is 16.3. The second-order valence-corrected chi connectivity index (χ2v) is 7.49. The van der Waals surface area contributed by atoms with E-state index in [0.29, 0.717) is 17.3 Å². The molecule has 1 aliphatic carbocycles. The minimum Gasteiger partial charge on any atom is -0.507 e. The molecule has 0 atom stereocenters. The molecular weight excluding hydrogens is 340 g/mol. The first-order valence-corrected chi connectivity index (χ1v) is 9.40. The van der Waals surface area contributed by atoms with Crippen molar-refractivity contribution in [2.45, 2.75) is 52.5 Å². The van der Waals surface area contributed by atoms with Crippen molar-refractivity contribution < 1.29 is 5.11 Å². The van der Waals surface area contributed by atoms with Crippen molar-refractivity contribution >= 4 is 22.7 Å². The summed E-state index contributed by atoms with van der Waals surface area (Å²) in [7, 11) is 0. The molecule has 4 rings (SSSR count). The number of rotatable bonds is 3. The summed E-state index contributed by atoms with van der Waals surface area (Å²) in [6.45, 7) is 5.64. The Balaban J connectivity index is 1.81. The Labute approximate surface area is 157 Å². The van der Waals surface area contributed by atoms with Gasteiger partial charge in [-0.2, -0.15) is 4.98 Å². The molecule has 1 fully saturated rings. The molecule has 0 aliphatic heterocycles. The maximum Gasteiger partial charge on any atom is 0.252 e. The third kappa shape index (κ3) is 3.16. The lowest BCUT2D eigenvalue weighted by Gasteiger charge is -2.17. The van der Waals surface area contributed by atoms with Crippen LogP contribution in [0.2, 0.25) is 0 Å². The Morgan fingerprint density at radius 1 is 1.07 bits per heavy atom. The van der Waals surface area contributed by atoms with Crippen LogP contribution in [0.25, 0.3) is 11.0 Å². The van der Waals surface area contributed by atoms with Gasteiger partial charge in [0.25, 0.3) is 5.56 Å². The lowest BCUT2D eigenvalue weighted by Crippen LogP contribution is -2.24. The van der Waals surface area contributed by atoms with Gasteiger partial charge in [-0.1, -0.05) is 12.8 Å². The smallest absolute Gasteiger partial charge is 0.252 e. The van der Waals surface area contributed by atoms with Gasteiger partial charge in [0.1, 0.15) is 11.4 Å². The number of phenols is 1. The number of nitrogens with one attached hydrogen (secondary N) is 1. The summed E-state index contributed by atoms with van der Waals surface area (Å²) < 4.78 is 1.84. The van der Waals surface area contributed by atoms with Gasteiger partial charge in [-0.3, -0.25) is 9.36 Å². The number of anilines is 2. The van der Waals surface area contributed by atoms with Gasteiger partial charge in [0, 0.05) is 29.4 Å². The molecule has 1 aliphatic rings. The maximum atomic E-state index is 12.7. The van der Waals surface area contributed by atoms with Crippen LogP contribution in [-0.4, -0.2) is 19.6 Å². The lowest BCUT2D eigenvalue weighted by molar-refractivity contribution is 0.467. The SMILES string of the molecule is Cc1cc(Nc2ncc3c(C)cc(=O)n(C4CCCC4)c3n2)cc(C)c1O. The molecule has 0 spiro atoms. The number of nitrogens with zero attached hydrogens (tertiary/aromatic N) is 3. The number of phenolic OH excluding ortho intramolecular Hbond substituents is 1. The largest absolute Gasteiger partial charge is 0.507 e. The van der Waals surface area contributed by atoms with Gasteiger partial charge in [-0.05, 0) is 62.4 Å². The Morgan fingerprint density at radius 3 is 2.41 bits per heavy atom. The zero-order chi connectivity index (χ0) is 19.1. The van der Waals surface area contributed by atoms with E-state index in [9.17, 15) is 9.90 Å². The first kappa shape index (κ1) is 17.5. The number of aromatic hydroxyl groups is 1. The fraction of sp³-hybridized carbons (Fsp3) is 0.381. The predicted molar refractivity (Wildman–Crippen MR) is 107 cm³/mol. The molecule has 27 heavy (non-hydrogen) atoms. The molecule has 140 valence electrons. The molecule has 2 aromatic heterocycles. The lowest BCUT2D eigenvalue weighted by atomic mass is 10.1. The van der Waals surface area contributed by atoms with Crippen molar-refractivity contribution in [1.82, 2.24) is 14.5 Å². The van der Waals surface area contributed by atoms with E-state index in [2.05, 4.69) is 10.3 Å². The van der Waals surface area contributed by atoms with E-state index >= 15 is 0 Å². The van der Waals surface area contributed by atoms with Crippen LogP contribution >= 0.6 is 0 Å². The van der Waals surface area contributed by atoms with E-state index in [1.807, 2.05) is 37.5 Å². The van der Waals surface area contributed by atoms with E-state index in [4.69, 9.17) is 4.98 Å². The summed E-state index contributed by atoms with van der Waals surface area (Å²) in [5.41, 5.74) is 3.98. The van der Waals surface area contributed by atoms with Gasteiger partial charge in [-0.25, -0.2) is 4.98 Å². The highest BCUT2D eigenvalue weighted by Crippen LogP contribution is 2.31. The minimum atomic E-state index is 0.00729. The second kappa shape index (κ2) is 6.68. The quantitative estimate of drug-likeness (QED) is 0.678. The van der Waals surface area contributed by atoms with E-state index < -0.39 is 0 Å². The number of aromatic nitrogens is 3. The van der Waals surface area contributed by atoms with Crippen LogP contribution in [0.4, 0.5) is 11.6 Å². The number of hydrogen-bond acceptors (Lipinski definition) is 5. The third-order valence-electron chi connectivity index (χ3n) is 5.44. The molecule has 1 aromatic carbocycles. The average molecular weight is 364 g/mol. The van der Waals surface area contributed by atoms with E-state index in [1.165, 1.54) is 0 Å². The molecule has 6 heteroatoms. The van der Waals surface area contributed by atoms with Crippen LogP contribution in [0.5, 0.6) is 5.75 Å². The normalized spacial score (nSPS) is 14.8. The average Bonchev–Trinajstić information content (AvgIpc) is 3.13. The van der Waals surface area contributed by atoms with Crippen LogP contribution in [0, 0.1) is 20.8 Å². The first-order chi connectivity index (χ1) is 12.9. The molecule has 2 N–H and O–H groups in total. The van der Waals surface area contributed by atoms with Gasteiger partial charge >= 0.3 is 0 Å². The standard InChI is InChI=1S/C21H24N4O2/c1-12-10-18(26)25(16-6-4-5-7-16)20-17(12)11-22-21(24-20)23-15-8-13(2)19(27)14(3)9-15/h8-11,16,27H,4-7H2,1-3H3,(H,22,23,24). The van der Waals surface area contributed by atoms with Crippen molar-refractivity contribution in [2.75, 3.05) is 5.32 Å². The van der Waals surface area contributed by atoms with Crippen molar-refractivity contribution in [3.63, 3.8) is 0 Å². The number of fused-ring (bicyclic) bond motifs is 1. The number of aryl methyl sites for hydroxylation is 3. The summed E-state index contributed by atoms with van der Waals surface area (Å²) in [5, 5.41) is 14.1. The molecule has 0 radical (unpaired) electrons. The molecule has 6 nitrogen and oxygen atoms in total. The van der Waals surface area contributed by atoms with Crippen molar-refractivity contribution in [3.05, 3.63) is 51.4 Å². The molecule has 2 heterocycles. The fourth-order valence-electron chi connectivity index (χ4n) is 4.00. The fourth-order valence-corrected chi connectivity index (χ4v) is 4.00. The summed E-state index contributed by atoms with van der Waals surface area (Å²) in [6, 6.07) is 5.61. The van der Waals surface area contributed by atoms with Crippen LogP contribution < -0.4 is 10.9 Å². The topological polar surface area (TPSA) is 80.0 Å². The molecular formula is C21H24N4O2. The van der Waals surface area contributed by atoms with Crippen LogP contribution in [0.1, 0.15) is 48.4 Å². The highest BCUT2D eigenvalue weighted by molar-refractivity contribution is 5.79. The van der Waals surface area contributed by atoms with Gasteiger partial charge in [-0.15, -0.1) is 0 Å². The number of benzene rings is 1.